The van der Waals surface area contributed by atoms with E-state index in [1.165, 1.54) is 22.5 Å². The molecule has 1 fully saturated rings. The zero-order valence-corrected chi connectivity index (χ0v) is 21.1. The van der Waals surface area contributed by atoms with Crippen LogP contribution in [0.5, 0.6) is 0 Å². The molecule has 9 heteroatoms. The van der Waals surface area contributed by atoms with Gasteiger partial charge in [-0.25, -0.2) is 9.78 Å². The van der Waals surface area contributed by atoms with Gasteiger partial charge >= 0.3 is 6.03 Å². The van der Waals surface area contributed by atoms with Crippen LogP contribution in [0.4, 0.5) is 10.6 Å². The van der Waals surface area contributed by atoms with Gasteiger partial charge < -0.3 is 10.2 Å². The van der Waals surface area contributed by atoms with E-state index in [2.05, 4.69) is 37.9 Å². The fraction of sp³-hybridized carbons (Fsp3) is 0.286. The Bertz CT molecular complexity index is 1380. The first kappa shape index (κ1) is 23.4. The number of hydrogen-bond acceptors (Lipinski definition) is 5. The van der Waals surface area contributed by atoms with Gasteiger partial charge in [-0.3, -0.25) is 15.2 Å². The van der Waals surface area contributed by atoms with Crippen LogP contribution >= 0.6 is 11.3 Å². The minimum absolute atomic E-state index is 0.106. The Labute approximate surface area is 219 Å². The lowest BCUT2D eigenvalue weighted by molar-refractivity contribution is 0.0934. The van der Waals surface area contributed by atoms with Crippen molar-refractivity contribution in [2.75, 3.05) is 18.4 Å². The third-order valence-corrected chi connectivity index (χ3v) is 8.18. The number of likely N-dealkylation sites (tertiary alicyclic amines) is 1. The molecule has 4 aromatic rings. The number of amides is 3. The summed E-state index contributed by atoms with van der Waals surface area (Å²) in [7, 11) is 0. The lowest BCUT2D eigenvalue weighted by atomic mass is 9.98. The molecule has 2 aliphatic rings. The Balaban J connectivity index is 0.997. The number of anilines is 1. The normalized spacial score (nSPS) is 15.9. The van der Waals surface area contributed by atoms with Crippen molar-refractivity contribution >= 4 is 29.1 Å². The second kappa shape index (κ2) is 10.2. The topological polar surface area (TPSA) is 103 Å². The molecular weight excluding hydrogens is 484 g/mol. The number of nitrogens with zero attached hydrogens (tertiary/aromatic N) is 3. The van der Waals surface area contributed by atoms with Crippen molar-refractivity contribution in [1.29, 1.82) is 0 Å². The summed E-state index contributed by atoms with van der Waals surface area (Å²) in [5, 5.41) is 16.1. The summed E-state index contributed by atoms with van der Waals surface area (Å²) in [6.45, 7) is 1.27. The van der Waals surface area contributed by atoms with Crippen LogP contribution in [-0.2, 0) is 12.8 Å². The number of hydrogen-bond donors (Lipinski definition) is 3. The van der Waals surface area contributed by atoms with Crippen LogP contribution in [0.1, 0.15) is 45.4 Å². The van der Waals surface area contributed by atoms with Gasteiger partial charge in [-0.15, -0.1) is 11.3 Å². The number of thiazole rings is 1. The highest BCUT2D eigenvalue weighted by molar-refractivity contribution is 7.09. The van der Waals surface area contributed by atoms with Gasteiger partial charge in [-0.1, -0.05) is 54.6 Å². The maximum Gasteiger partial charge on any atom is 0.323 e. The molecule has 3 heterocycles. The van der Waals surface area contributed by atoms with Crippen LogP contribution in [0.15, 0.2) is 66.0 Å². The summed E-state index contributed by atoms with van der Waals surface area (Å²) in [5.41, 5.74) is 4.98. The molecule has 2 aromatic carbocycles. The molecule has 3 amide bonds. The van der Waals surface area contributed by atoms with Crippen LogP contribution in [0.25, 0.3) is 11.3 Å². The smallest absolute Gasteiger partial charge is 0.323 e. The highest BCUT2D eigenvalue weighted by Crippen LogP contribution is 2.31. The number of aromatic nitrogens is 3. The van der Waals surface area contributed by atoms with Crippen LogP contribution in [0, 0.1) is 0 Å². The van der Waals surface area contributed by atoms with Gasteiger partial charge in [0.2, 0.25) is 0 Å². The van der Waals surface area contributed by atoms with Crippen molar-refractivity contribution in [2.24, 2.45) is 0 Å². The van der Waals surface area contributed by atoms with E-state index >= 15 is 0 Å². The highest BCUT2D eigenvalue weighted by Gasteiger charge is 2.28. The predicted octanol–water partition coefficient (Wildman–Crippen LogP) is 4.84. The molecule has 1 saturated heterocycles. The summed E-state index contributed by atoms with van der Waals surface area (Å²) in [6.07, 6.45) is 3.36. The van der Waals surface area contributed by atoms with Crippen molar-refractivity contribution in [3.63, 3.8) is 0 Å². The van der Waals surface area contributed by atoms with Crippen molar-refractivity contribution in [1.82, 2.24) is 25.4 Å². The number of aromatic amines is 1. The third kappa shape index (κ3) is 5.13. The summed E-state index contributed by atoms with van der Waals surface area (Å²) in [6, 6.07) is 20.0. The molecular formula is C28H28N6O2S. The molecule has 0 spiro atoms. The summed E-state index contributed by atoms with van der Waals surface area (Å²) in [5.74, 6) is 0.652. The molecule has 6 rings (SSSR count). The minimum Gasteiger partial charge on any atom is -0.347 e. The molecule has 3 N–H and O–H groups in total. The van der Waals surface area contributed by atoms with Gasteiger partial charge in [0.05, 0.1) is 10.7 Å². The average molecular weight is 513 g/mol. The second-order valence-corrected chi connectivity index (χ2v) is 10.5. The molecule has 1 aliphatic heterocycles. The molecule has 1 aliphatic carbocycles. The Morgan fingerprint density at radius 1 is 0.973 bits per heavy atom. The fourth-order valence-electron chi connectivity index (χ4n) is 5.17. The number of nitrogens with one attached hydrogen (secondary N) is 3. The predicted molar refractivity (Wildman–Crippen MR) is 144 cm³/mol. The van der Waals surface area contributed by atoms with Gasteiger partial charge in [0.25, 0.3) is 5.91 Å². The van der Waals surface area contributed by atoms with Crippen molar-refractivity contribution < 1.29 is 9.59 Å². The van der Waals surface area contributed by atoms with Crippen LogP contribution in [0.2, 0.25) is 0 Å². The van der Waals surface area contributed by atoms with Gasteiger partial charge in [0.1, 0.15) is 5.69 Å². The van der Waals surface area contributed by atoms with Crippen LogP contribution in [0.3, 0.4) is 0 Å². The zero-order chi connectivity index (χ0) is 25.2. The van der Waals surface area contributed by atoms with E-state index < -0.39 is 0 Å². The summed E-state index contributed by atoms with van der Waals surface area (Å²) in [4.78, 5) is 32.1. The molecule has 0 unspecified atom stereocenters. The van der Waals surface area contributed by atoms with Gasteiger partial charge in [-0.05, 0) is 42.4 Å². The molecule has 37 heavy (non-hydrogen) atoms. The van der Waals surface area contributed by atoms with E-state index in [4.69, 9.17) is 0 Å². The zero-order valence-electron chi connectivity index (χ0n) is 20.3. The lowest BCUT2D eigenvalue weighted by Crippen LogP contribution is -2.40. The number of rotatable bonds is 5. The monoisotopic (exact) mass is 512 g/mol. The average Bonchev–Trinajstić information content (AvgIpc) is 3.69. The highest BCUT2D eigenvalue weighted by atomic mass is 32.1. The van der Waals surface area contributed by atoms with Gasteiger partial charge in [0, 0.05) is 36.5 Å². The first-order chi connectivity index (χ1) is 18.1. The van der Waals surface area contributed by atoms with Crippen LogP contribution in [-0.4, -0.2) is 51.2 Å². The molecule has 8 nitrogen and oxygen atoms in total. The van der Waals surface area contributed by atoms with E-state index in [-0.39, 0.29) is 23.9 Å². The van der Waals surface area contributed by atoms with Crippen molar-refractivity contribution in [3.05, 3.63) is 87.9 Å². The fourth-order valence-corrected chi connectivity index (χ4v) is 6.14. The van der Waals surface area contributed by atoms with Gasteiger partial charge in [0.15, 0.2) is 5.82 Å². The Morgan fingerprint density at radius 2 is 1.68 bits per heavy atom. The maximum absolute atomic E-state index is 12.8. The number of carbonyl (C=O) groups is 2. The standard InChI is InChI=1S/C28H28N6O2S/c35-26(29-22-14-20-8-4-5-9-21(20)15-22)24-17-37-27(30-24)19-10-12-34(13-11-19)28(36)31-25-16-23(32-33-25)18-6-2-1-3-7-18/h1-9,16-17,19,22H,10-15H2,(H,29,35)(H2,31,32,33,36). The second-order valence-electron chi connectivity index (χ2n) is 9.64. The van der Waals surface area contributed by atoms with E-state index in [0.717, 1.165) is 41.9 Å². The van der Waals surface area contributed by atoms with Crippen molar-refractivity contribution in [3.8, 4) is 11.3 Å². The third-order valence-electron chi connectivity index (χ3n) is 7.17. The first-order valence-electron chi connectivity index (χ1n) is 12.6. The lowest BCUT2D eigenvalue weighted by Gasteiger charge is -2.30. The number of benzene rings is 2. The number of carbonyl (C=O) groups excluding carboxylic acids is 2. The summed E-state index contributed by atoms with van der Waals surface area (Å²) < 4.78 is 0. The number of fused-ring (bicyclic) bond motifs is 1. The molecule has 0 radical (unpaired) electrons. The molecule has 0 atom stereocenters. The maximum atomic E-state index is 12.8. The molecule has 0 saturated carbocycles. The van der Waals surface area contributed by atoms with E-state index in [1.807, 2.05) is 58.8 Å². The van der Waals surface area contributed by atoms with E-state index in [9.17, 15) is 9.59 Å². The largest absolute Gasteiger partial charge is 0.347 e. The molecule has 0 bridgehead atoms. The van der Waals surface area contributed by atoms with Gasteiger partial charge in [-0.2, -0.15) is 5.10 Å². The minimum atomic E-state index is -0.152. The van der Waals surface area contributed by atoms with E-state index in [1.54, 1.807) is 0 Å². The quantitative estimate of drug-likeness (QED) is 0.356. The van der Waals surface area contributed by atoms with Crippen molar-refractivity contribution in [2.45, 2.75) is 37.6 Å². The Hall–Kier alpha value is -3.98. The number of piperidine rings is 1. The number of H-pyrrole nitrogens is 1. The number of urea groups is 1. The first-order valence-corrected chi connectivity index (χ1v) is 13.5. The SMILES string of the molecule is O=C(NC1Cc2ccccc2C1)c1csc(C2CCN(C(=O)Nc3cc(-c4ccccc4)[nH]n3)CC2)n1. The summed E-state index contributed by atoms with van der Waals surface area (Å²) >= 11 is 1.54. The van der Waals surface area contributed by atoms with E-state index in [0.29, 0.717) is 24.6 Å². The van der Waals surface area contributed by atoms with Crippen LogP contribution < -0.4 is 10.6 Å². The Kier molecular flexibility index (Phi) is 6.44. The molecule has 188 valence electrons. The molecule has 2 aromatic heterocycles. The Morgan fingerprint density at radius 3 is 2.41 bits per heavy atom.